The summed E-state index contributed by atoms with van der Waals surface area (Å²) in [5.41, 5.74) is 1.79. The van der Waals surface area contributed by atoms with E-state index in [0.717, 1.165) is 14.7 Å². The fourth-order valence-electron chi connectivity index (χ4n) is 2.61. The molecule has 28 heavy (non-hydrogen) atoms. The second-order valence-corrected chi connectivity index (χ2v) is 7.08. The number of hydrogen-bond donors (Lipinski definition) is 2. The Hall–Kier alpha value is -3.07. The van der Waals surface area contributed by atoms with Gasteiger partial charge in [-0.25, -0.2) is 4.68 Å². The summed E-state index contributed by atoms with van der Waals surface area (Å²) in [5.74, 6) is -0.689. The molecule has 0 aliphatic rings. The van der Waals surface area contributed by atoms with Gasteiger partial charge in [-0.1, -0.05) is 33.3 Å². The molecule has 144 valence electrons. The number of nitrogens with zero attached hydrogens (tertiary/aromatic N) is 3. The molecule has 1 aromatic heterocycles. The molecule has 0 aliphatic heterocycles. The van der Waals surface area contributed by atoms with E-state index < -0.39 is 0 Å². The van der Waals surface area contributed by atoms with Crippen LogP contribution in [0.1, 0.15) is 12.0 Å². The Morgan fingerprint density at radius 3 is 2.71 bits per heavy atom. The summed E-state index contributed by atoms with van der Waals surface area (Å²) in [5, 5.41) is 13.5. The molecule has 1 heterocycles. The van der Waals surface area contributed by atoms with Crippen LogP contribution in [-0.2, 0) is 16.1 Å². The highest BCUT2D eigenvalue weighted by Gasteiger charge is 2.10. The van der Waals surface area contributed by atoms with Gasteiger partial charge in [-0.05, 0) is 42.8 Å². The summed E-state index contributed by atoms with van der Waals surface area (Å²) in [6.45, 7) is 1.80. The van der Waals surface area contributed by atoms with Gasteiger partial charge in [-0.15, -0.1) is 5.10 Å². The highest BCUT2D eigenvalue weighted by atomic mass is 79.9. The fourth-order valence-corrected chi connectivity index (χ4v) is 3.08. The lowest BCUT2D eigenvalue weighted by Crippen LogP contribution is -2.34. The quantitative estimate of drug-likeness (QED) is 0.605. The van der Waals surface area contributed by atoms with Gasteiger partial charge in [0.25, 0.3) is 5.56 Å². The highest BCUT2D eigenvalue weighted by Crippen LogP contribution is 2.19. The predicted octanol–water partition coefficient (Wildman–Crippen LogP) is 2.01. The Bertz CT molecular complexity index is 1100. The lowest BCUT2D eigenvalue weighted by molar-refractivity contribution is -0.124. The van der Waals surface area contributed by atoms with Crippen molar-refractivity contribution in [2.24, 2.45) is 0 Å². The van der Waals surface area contributed by atoms with E-state index in [1.54, 1.807) is 30.3 Å². The first-order valence-electron chi connectivity index (χ1n) is 8.59. The van der Waals surface area contributed by atoms with Crippen LogP contribution in [0.2, 0.25) is 0 Å². The molecule has 0 bridgehead atoms. The van der Waals surface area contributed by atoms with Crippen LogP contribution in [0.25, 0.3) is 10.9 Å². The second kappa shape index (κ2) is 8.75. The van der Waals surface area contributed by atoms with E-state index in [4.69, 9.17) is 0 Å². The maximum Gasteiger partial charge on any atom is 0.277 e. The first-order valence-corrected chi connectivity index (χ1v) is 9.38. The van der Waals surface area contributed by atoms with Crippen molar-refractivity contribution in [3.8, 4) is 0 Å². The minimum absolute atomic E-state index is 0.0114. The largest absolute Gasteiger partial charge is 0.347 e. The monoisotopic (exact) mass is 443 g/mol. The number of fused-ring (bicyclic) bond motifs is 1. The van der Waals surface area contributed by atoms with Crippen molar-refractivity contribution in [1.29, 1.82) is 0 Å². The highest BCUT2D eigenvalue weighted by molar-refractivity contribution is 9.10. The number of carbonyl (C=O) groups excluding carboxylic acids is 2. The topological polar surface area (TPSA) is 106 Å². The maximum atomic E-state index is 12.3. The molecule has 0 unspecified atom stereocenters. The van der Waals surface area contributed by atoms with Crippen LogP contribution in [-0.4, -0.2) is 33.4 Å². The van der Waals surface area contributed by atoms with Crippen LogP contribution in [0, 0.1) is 6.92 Å². The number of halogens is 1. The van der Waals surface area contributed by atoms with Crippen LogP contribution >= 0.6 is 15.9 Å². The summed E-state index contributed by atoms with van der Waals surface area (Å²) in [7, 11) is 0. The lowest BCUT2D eigenvalue weighted by atomic mass is 10.2. The molecule has 0 saturated heterocycles. The van der Waals surface area contributed by atoms with Gasteiger partial charge in [0.1, 0.15) is 5.52 Å². The van der Waals surface area contributed by atoms with Crippen molar-refractivity contribution in [3.05, 3.63) is 62.9 Å². The Labute approximate surface area is 169 Å². The molecule has 2 N–H and O–H groups in total. The Balaban J connectivity index is 1.51. The average Bonchev–Trinajstić information content (AvgIpc) is 2.68. The third-order valence-corrected chi connectivity index (χ3v) is 4.58. The Kier molecular flexibility index (Phi) is 6.15. The molecule has 2 amide bonds. The van der Waals surface area contributed by atoms with Crippen LogP contribution in [0.5, 0.6) is 0 Å². The number of amides is 2. The van der Waals surface area contributed by atoms with Crippen molar-refractivity contribution in [2.75, 3.05) is 11.9 Å². The summed E-state index contributed by atoms with van der Waals surface area (Å²) in [4.78, 5) is 36.3. The number of benzene rings is 2. The van der Waals surface area contributed by atoms with E-state index in [2.05, 4.69) is 36.9 Å². The molecular weight excluding hydrogens is 426 g/mol. The molecule has 0 saturated carbocycles. The molecule has 0 aliphatic carbocycles. The minimum Gasteiger partial charge on any atom is -0.347 e. The van der Waals surface area contributed by atoms with Crippen molar-refractivity contribution in [1.82, 2.24) is 20.3 Å². The van der Waals surface area contributed by atoms with Crippen LogP contribution in [0.3, 0.4) is 0 Å². The lowest BCUT2D eigenvalue weighted by Gasteiger charge is -2.10. The number of aryl methyl sites for hydroxylation is 2. The zero-order valence-electron chi connectivity index (χ0n) is 15.1. The van der Waals surface area contributed by atoms with E-state index in [-0.39, 0.29) is 36.9 Å². The van der Waals surface area contributed by atoms with E-state index in [0.29, 0.717) is 16.6 Å². The SMILES string of the molecule is Cc1cc(Br)ccc1NC(=O)CNC(=O)CCn1nnc2ccccc2c1=O. The minimum atomic E-state index is -0.357. The van der Waals surface area contributed by atoms with Gasteiger partial charge < -0.3 is 10.6 Å². The number of aromatic nitrogens is 3. The number of anilines is 1. The Morgan fingerprint density at radius 1 is 1.14 bits per heavy atom. The predicted molar refractivity (Wildman–Crippen MR) is 109 cm³/mol. The van der Waals surface area contributed by atoms with Crippen molar-refractivity contribution < 1.29 is 9.59 Å². The van der Waals surface area contributed by atoms with Crippen LogP contribution < -0.4 is 16.2 Å². The third kappa shape index (κ3) is 4.80. The zero-order chi connectivity index (χ0) is 20.1. The smallest absolute Gasteiger partial charge is 0.277 e. The summed E-state index contributed by atoms with van der Waals surface area (Å²) in [6, 6.07) is 12.4. The standard InChI is InChI=1S/C19H18BrN5O3/c1-12-10-13(20)6-7-15(12)22-18(27)11-21-17(26)8-9-25-19(28)14-4-2-3-5-16(14)23-24-25/h2-7,10H,8-9,11H2,1H3,(H,21,26)(H,22,27). The first-order chi connectivity index (χ1) is 13.4. The van der Waals surface area contributed by atoms with Gasteiger partial charge >= 0.3 is 0 Å². The van der Waals surface area contributed by atoms with Crippen molar-refractivity contribution >= 4 is 44.3 Å². The molecular formula is C19H18BrN5O3. The zero-order valence-corrected chi connectivity index (χ0v) is 16.7. The fraction of sp³-hybridized carbons (Fsp3) is 0.211. The van der Waals surface area contributed by atoms with Gasteiger partial charge in [0.05, 0.1) is 18.5 Å². The summed E-state index contributed by atoms with van der Waals surface area (Å²) in [6.07, 6.45) is 0.0114. The number of carbonyl (C=O) groups is 2. The number of nitrogens with one attached hydrogen (secondary N) is 2. The molecule has 0 atom stereocenters. The molecule has 0 radical (unpaired) electrons. The summed E-state index contributed by atoms with van der Waals surface area (Å²) >= 11 is 3.36. The molecule has 3 aromatic rings. The maximum absolute atomic E-state index is 12.3. The second-order valence-electron chi connectivity index (χ2n) is 6.17. The van der Waals surface area contributed by atoms with Gasteiger partial charge in [0.15, 0.2) is 0 Å². The Morgan fingerprint density at radius 2 is 1.93 bits per heavy atom. The molecule has 0 spiro atoms. The van der Waals surface area contributed by atoms with Gasteiger partial charge in [-0.2, -0.15) is 0 Å². The molecule has 0 fully saturated rings. The van der Waals surface area contributed by atoms with Gasteiger partial charge in [-0.3, -0.25) is 14.4 Å². The van der Waals surface area contributed by atoms with Crippen molar-refractivity contribution in [3.63, 3.8) is 0 Å². The van der Waals surface area contributed by atoms with Crippen LogP contribution in [0.15, 0.2) is 51.7 Å². The number of rotatable bonds is 6. The number of hydrogen-bond acceptors (Lipinski definition) is 5. The van der Waals surface area contributed by atoms with E-state index >= 15 is 0 Å². The molecule has 2 aromatic carbocycles. The van der Waals surface area contributed by atoms with E-state index in [9.17, 15) is 14.4 Å². The molecule has 8 nitrogen and oxygen atoms in total. The van der Waals surface area contributed by atoms with Gasteiger partial charge in [0.2, 0.25) is 11.8 Å². The van der Waals surface area contributed by atoms with Gasteiger partial charge in [0, 0.05) is 16.6 Å². The molecule has 9 heteroatoms. The van der Waals surface area contributed by atoms with Crippen molar-refractivity contribution in [2.45, 2.75) is 19.9 Å². The van der Waals surface area contributed by atoms with E-state index in [1.807, 2.05) is 19.1 Å². The molecule has 3 rings (SSSR count). The first kappa shape index (κ1) is 19.7. The van der Waals surface area contributed by atoms with Crippen LogP contribution in [0.4, 0.5) is 5.69 Å². The van der Waals surface area contributed by atoms with E-state index in [1.165, 1.54) is 0 Å². The average molecular weight is 444 g/mol. The summed E-state index contributed by atoms with van der Waals surface area (Å²) < 4.78 is 2.07. The third-order valence-electron chi connectivity index (χ3n) is 4.09. The normalized spacial score (nSPS) is 10.6.